The highest BCUT2D eigenvalue weighted by molar-refractivity contribution is 6.12. The molecule has 6 nitrogen and oxygen atoms in total. The molecule has 1 aromatic carbocycles. The molecular weight excluding hydrogens is 296 g/mol. The normalized spacial score (nSPS) is 15.3. The number of carbonyl (C=O) groups is 1. The Labute approximate surface area is 133 Å². The number of aliphatic imine (C=N–C) groups is 1. The molecular formula is C17H14N2O4. The van der Waals surface area contributed by atoms with Gasteiger partial charge in [-0.05, 0) is 35.9 Å². The van der Waals surface area contributed by atoms with Crippen molar-refractivity contribution in [2.45, 2.75) is 0 Å². The van der Waals surface area contributed by atoms with Crippen molar-refractivity contribution < 1.29 is 19.0 Å². The van der Waals surface area contributed by atoms with Crippen LogP contribution in [0.25, 0.3) is 6.08 Å². The van der Waals surface area contributed by atoms with Gasteiger partial charge in [0.2, 0.25) is 5.90 Å². The lowest BCUT2D eigenvalue weighted by molar-refractivity contribution is -0.129. The molecule has 3 rings (SSSR count). The van der Waals surface area contributed by atoms with Gasteiger partial charge in [-0.1, -0.05) is 6.07 Å². The fourth-order valence-electron chi connectivity index (χ4n) is 2.08. The van der Waals surface area contributed by atoms with Crippen LogP contribution >= 0.6 is 0 Å². The fourth-order valence-corrected chi connectivity index (χ4v) is 2.08. The van der Waals surface area contributed by atoms with Gasteiger partial charge in [0.15, 0.2) is 5.70 Å². The number of nitrogens with zero attached hydrogens (tertiary/aromatic N) is 2. The predicted octanol–water partition coefficient (Wildman–Crippen LogP) is 2.44. The Kier molecular flexibility index (Phi) is 4.05. The zero-order valence-electron chi connectivity index (χ0n) is 12.6. The fraction of sp³-hybridized carbons (Fsp3) is 0.118. The minimum absolute atomic E-state index is 0.191. The summed E-state index contributed by atoms with van der Waals surface area (Å²) in [5, 5.41) is 0. The van der Waals surface area contributed by atoms with Gasteiger partial charge >= 0.3 is 5.97 Å². The number of rotatable bonds is 4. The minimum atomic E-state index is -0.521. The minimum Gasteiger partial charge on any atom is -0.497 e. The lowest BCUT2D eigenvalue weighted by atomic mass is 10.1. The van der Waals surface area contributed by atoms with Gasteiger partial charge in [0.25, 0.3) is 0 Å². The molecule has 0 saturated carbocycles. The first-order chi connectivity index (χ1) is 11.2. The van der Waals surface area contributed by atoms with E-state index in [4.69, 9.17) is 14.2 Å². The summed E-state index contributed by atoms with van der Waals surface area (Å²) in [5.74, 6) is 0.914. The standard InChI is InChI=1S/C17H14N2O4/c1-21-12-7-11(8-13(10-12)22-2)9-15-17(20)23-16(19-15)14-5-3-4-6-18-14/h3-10H,1-2H3/b15-9+. The van der Waals surface area contributed by atoms with E-state index < -0.39 is 5.97 Å². The van der Waals surface area contributed by atoms with E-state index in [9.17, 15) is 4.79 Å². The summed E-state index contributed by atoms with van der Waals surface area (Å²) in [5.41, 5.74) is 1.42. The summed E-state index contributed by atoms with van der Waals surface area (Å²) < 4.78 is 15.6. The van der Waals surface area contributed by atoms with Gasteiger partial charge in [-0.2, -0.15) is 0 Å². The Morgan fingerprint density at radius 1 is 1.09 bits per heavy atom. The first kappa shape index (κ1) is 14.8. The molecule has 1 aliphatic rings. The molecule has 23 heavy (non-hydrogen) atoms. The van der Waals surface area contributed by atoms with Crippen LogP contribution in [0.4, 0.5) is 0 Å². The smallest absolute Gasteiger partial charge is 0.363 e. The number of carbonyl (C=O) groups excluding carboxylic acids is 1. The van der Waals surface area contributed by atoms with Crippen molar-refractivity contribution in [3.63, 3.8) is 0 Å². The summed E-state index contributed by atoms with van der Waals surface area (Å²) in [6.45, 7) is 0. The quantitative estimate of drug-likeness (QED) is 0.641. The molecule has 2 heterocycles. The summed E-state index contributed by atoms with van der Waals surface area (Å²) >= 11 is 0. The van der Waals surface area contributed by atoms with Gasteiger partial charge in [0.1, 0.15) is 17.2 Å². The summed E-state index contributed by atoms with van der Waals surface area (Å²) in [7, 11) is 3.12. The first-order valence-electron chi connectivity index (χ1n) is 6.86. The second-order valence-electron chi connectivity index (χ2n) is 4.70. The van der Waals surface area contributed by atoms with Crippen molar-refractivity contribution in [1.82, 2.24) is 4.98 Å². The van der Waals surface area contributed by atoms with Crippen LogP contribution in [0.1, 0.15) is 11.3 Å². The van der Waals surface area contributed by atoms with E-state index in [1.807, 2.05) is 0 Å². The van der Waals surface area contributed by atoms with Gasteiger partial charge < -0.3 is 14.2 Å². The molecule has 1 aromatic heterocycles. The molecule has 0 unspecified atom stereocenters. The monoisotopic (exact) mass is 310 g/mol. The molecule has 0 atom stereocenters. The van der Waals surface area contributed by atoms with Crippen molar-refractivity contribution in [2.75, 3.05) is 14.2 Å². The molecule has 116 valence electrons. The van der Waals surface area contributed by atoms with Crippen LogP contribution in [0.3, 0.4) is 0 Å². The lowest BCUT2D eigenvalue weighted by Crippen LogP contribution is -2.06. The van der Waals surface area contributed by atoms with E-state index in [1.54, 1.807) is 62.9 Å². The number of hydrogen-bond donors (Lipinski definition) is 0. The van der Waals surface area contributed by atoms with E-state index in [0.717, 1.165) is 5.56 Å². The van der Waals surface area contributed by atoms with E-state index in [-0.39, 0.29) is 11.6 Å². The largest absolute Gasteiger partial charge is 0.497 e. The highest BCUT2D eigenvalue weighted by Crippen LogP contribution is 2.25. The Hall–Kier alpha value is -3.15. The molecule has 0 spiro atoms. The van der Waals surface area contributed by atoms with Crippen molar-refractivity contribution in [1.29, 1.82) is 0 Å². The predicted molar refractivity (Wildman–Crippen MR) is 84.4 cm³/mol. The summed E-state index contributed by atoms with van der Waals surface area (Å²) in [4.78, 5) is 20.3. The second-order valence-corrected chi connectivity index (χ2v) is 4.70. The number of esters is 1. The molecule has 6 heteroatoms. The second kappa shape index (κ2) is 6.31. The van der Waals surface area contributed by atoms with E-state index >= 15 is 0 Å². The number of pyridine rings is 1. The number of hydrogen-bond acceptors (Lipinski definition) is 6. The third-order valence-electron chi connectivity index (χ3n) is 3.18. The number of cyclic esters (lactones) is 1. The Bertz CT molecular complexity index is 775. The van der Waals surface area contributed by atoms with Gasteiger partial charge in [0.05, 0.1) is 14.2 Å². The molecule has 1 aliphatic heterocycles. The van der Waals surface area contributed by atoms with Crippen molar-refractivity contribution in [2.24, 2.45) is 4.99 Å². The molecule has 0 N–H and O–H groups in total. The van der Waals surface area contributed by atoms with E-state index in [2.05, 4.69) is 9.98 Å². The number of aromatic nitrogens is 1. The number of methoxy groups -OCH3 is 2. The average Bonchev–Trinajstić information content (AvgIpc) is 2.96. The summed E-state index contributed by atoms with van der Waals surface area (Å²) in [6.07, 6.45) is 3.23. The van der Waals surface area contributed by atoms with Crippen LogP contribution in [0.5, 0.6) is 11.5 Å². The van der Waals surface area contributed by atoms with Crippen molar-refractivity contribution in [3.8, 4) is 11.5 Å². The molecule has 0 amide bonds. The lowest BCUT2D eigenvalue weighted by Gasteiger charge is -2.05. The van der Waals surface area contributed by atoms with Crippen LogP contribution in [-0.4, -0.2) is 31.1 Å². The zero-order valence-corrected chi connectivity index (χ0v) is 12.6. The molecule has 2 aromatic rings. The maximum absolute atomic E-state index is 12.0. The molecule has 0 bridgehead atoms. The van der Waals surface area contributed by atoms with E-state index in [0.29, 0.717) is 17.2 Å². The third kappa shape index (κ3) is 3.21. The van der Waals surface area contributed by atoms with Crippen LogP contribution in [0.15, 0.2) is 53.3 Å². The molecule has 0 radical (unpaired) electrons. The van der Waals surface area contributed by atoms with Crippen LogP contribution in [-0.2, 0) is 9.53 Å². The van der Waals surface area contributed by atoms with Gasteiger partial charge in [0, 0.05) is 12.3 Å². The van der Waals surface area contributed by atoms with Crippen LogP contribution in [0, 0.1) is 0 Å². The van der Waals surface area contributed by atoms with Gasteiger partial charge in [-0.15, -0.1) is 0 Å². The van der Waals surface area contributed by atoms with Crippen molar-refractivity contribution in [3.05, 3.63) is 59.5 Å². The maximum Gasteiger partial charge on any atom is 0.363 e. The number of ether oxygens (including phenoxy) is 3. The first-order valence-corrected chi connectivity index (χ1v) is 6.86. The van der Waals surface area contributed by atoms with E-state index in [1.165, 1.54) is 0 Å². The van der Waals surface area contributed by atoms with Crippen LogP contribution < -0.4 is 9.47 Å². The topological polar surface area (TPSA) is 70.0 Å². The average molecular weight is 310 g/mol. The summed E-state index contributed by atoms with van der Waals surface area (Å²) in [6, 6.07) is 10.6. The third-order valence-corrected chi connectivity index (χ3v) is 3.18. The number of benzene rings is 1. The zero-order chi connectivity index (χ0) is 16.2. The Morgan fingerprint density at radius 2 is 1.83 bits per heavy atom. The highest BCUT2D eigenvalue weighted by Gasteiger charge is 2.24. The Balaban J connectivity index is 1.96. The SMILES string of the molecule is COc1cc(/C=C2/N=C(c3ccccn3)OC2=O)cc(OC)c1. The molecule has 0 saturated heterocycles. The molecule has 0 aliphatic carbocycles. The van der Waals surface area contributed by atoms with Crippen molar-refractivity contribution >= 4 is 17.9 Å². The highest BCUT2D eigenvalue weighted by atomic mass is 16.6. The molecule has 0 fully saturated rings. The maximum atomic E-state index is 12.0. The van der Waals surface area contributed by atoms with Gasteiger partial charge in [-0.25, -0.2) is 9.79 Å². The Morgan fingerprint density at radius 3 is 2.43 bits per heavy atom. The van der Waals surface area contributed by atoms with Crippen LogP contribution in [0.2, 0.25) is 0 Å². The van der Waals surface area contributed by atoms with Gasteiger partial charge in [-0.3, -0.25) is 4.98 Å².